The van der Waals surface area contributed by atoms with Crippen molar-refractivity contribution in [2.75, 3.05) is 11.4 Å². The first kappa shape index (κ1) is 12.7. The van der Waals surface area contributed by atoms with Gasteiger partial charge in [0.1, 0.15) is 11.6 Å². The van der Waals surface area contributed by atoms with Gasteiger partial charge in [0.15, 0.2) is 0 Å². The summed E-state index contributed by atoms with van der Waals surface area (Å²) in [5.41, 5.74) is 0.635. The molecule has 104 valence electrons. The van der Waals surface area contributed by atoms with Crippen LogP contribution in [0.4, 0.5) is 5.69 Å². The predicted octanol–water partition coefficient (Wildman–Crippen LogP) is 2.05. The number of nitrogens with zero attached hydrogens (tertiary/aromatic N) is 3. The van der Waals surface area contributed by atoms with E-state index in [9.17, 15) is 9.90 Å². The molecule has 1 fully saturated rings. The molecule has 6 heteroatoms. The lowest BCUT2D eigenvalue weighted by atomic mass is 10.2. The van der Waals surface area contributed by atoms with E-state index in [-0.39, 0.29) is 17.5 Å². The average Bonchev–Trinajstić information content (AvgIpc) is 3.17. The van der Waals surface area contributed by atoms with E-state index in [0.717, 1.165) is 18.7 Å². The Morgan fingerprint density at radius 3 is 2.95 bits per heavy atom. The van der Waals surface area contributed by atoms with Gasteiger partial charge in [-0.1, -0.05) is 6.07 Å². The normalized spacial score (nSPS) is 14.2. The molecule has 1 aromatic carbocycles. The van der Waals surface area contributed by atoms with E-state index in [1.54, 1.807) is 29.2 Å². The molecule has 1 aliphatic rings. The van der Waals surface area contributed by atoms with Gasteiger partial charge in [0.05, 0.1) is 0 Å². The number of phenolic OH excluding ortho intramolecular Hbond substituents is 1. The van der Waals surface area contributed by atoms with Crippen LogP contribution < -0.4 is 4.90 Å². The number of aromatic hydroxyl groups is 1. The second-order valence-electron chi connectivity index (χ2n) is 4.89. The molecule has 1 amide bonds. The zero-order chi connectivity index (χ0) is 14.1. The van der Waals surface area contributed by atoms with Crippen molar-refractivity contribution in [3.8, 4) is 5.75 Å². The Bertz CT molecular complexity index is 634. The van der Waals surface area contributed by atoms with Crippen LogP contribution in [-0.4, -0.2) is 32.7 Å². The van der Waals surface area contributed by atoms with Crippen molar-refractivity contribution in [1.29, 1.82) is 0 Å². The number of carbonyl (C=O) groups excluding carboxylic acids is 1. The molecule has 2 aromatic rings. The van der Waals surface area contributed by atoms with Crippen molar-refractivity contribution in [3.05, 3.63) is 35.9 Å². The number of H-pyrrole nitrogens is 1. The van der Waals surface area contributed by atoms with E-state index < -0.39 is 0 Å². The Hall–Kier alpha value is -2.37. The lowest BCUT2D eigenvalue weighted by Gasteiger charge is -2.19. The van der Waals surface area contributed by atoms with Gasteiger partial charge in [-0.05, 0) is 31.9 Å². The summed E-state index contributed by atoms with van der Waals surface area (Å²) in [5.74, 6) is 1.26. The number of amides is 1. The number of aromatic nitrogens is 3. The van der Waals surface area contributed by atoms with Crippen molar-refractivity contribution >= 4 is 11.6 Å². The second-order valence-corrected chi connectivity index (χ2v) is 4.89. The van der Waals surface area contributed by atoms with E-state index in [0.29, 0.717) is 18.2 Å². The zero-order valence-corrected chi connectivity index (χ0v) is 11.2. The molecule has 0 atom stereocenters. The first-order valence-electron chi connectivity index (χ1n) is 6.72. The zero-order valence-electron chi connectivity index (χ0n) is 11.2. The predicted molar refractivity (Wildman–Crippen MR) is 73.8 cm³/mol. The minimum atomic E-state index is -0.263. The van der Waals surface area contributed by atoms with Crippen molar-refractivity contribution < 1.29 is 9.90 Å². The van der Waals surface area contributed by atoms with Gasteiger partial charge >= 0.3 is 0 Å². The van der Waals surface area contributed by atoms with E-state index in [1.807, 2.05) is 6.92 Å². The molecule has 6 nitrogen and oxygen atoms in total. The SMILES string of the molecule is CCN(C(=O)c1n[nH]c(C2CC2)n1)c1cccc(O)c1. The lowest BCUT2D eigenvalue weighted by Crippen LogP contribution is -2.31. The maximum Gasteiger partial charge on any atom is 0.297 e. The Morgan fingerprint density at radius 1 is 1.50 bits per heavy atom. The summed E-state index contributed by atoms with van der Waals surface area (Å²) in [6.45, 7) is 2.35. The largest absolute Gasteiger partial charge is 0.508 e. The molecule has 3 rings (SSSR count). The third-order valence-corrected chi connectivity index (χ3v) is 3.36. The maximum atomic E-state index is 12.4. The topological polar surface area (TPSA) is 82.1 Å². The first-order chi connectivity index (χ1) is 9.69. The van der Waals surface area contributed by atoms with E-state index in [4.69, 9.17) is 0 Å². The third kappa shape index (κ3) is 2.36. The number of aromatic amines is 1. The fraction of sp³-hybridized carbons (Fsp3) is 0.357. The standard InChI is InChI=1S/C14H16N4O2/c1-2-18(10-4-3-5-11(19)8-10)14(20)13-15-12(16-17-13)9-6-7-9/h3-5,8-9,19H,2,6-7H2,1H3,(H,15,16,17). The summed E-state index contributed by atoms with van der Waals surface area (Å²) in [6.07, 6.45) is 2.21. The van der Waals surface area contributed by atoms with Crippen LogP contribution in [-0.2, 0) is 0 Å². The number of hydrogen-bond acceptors (Lipinski definition) is 4. The van der Waals surface area contributed by atoms with Crippen molar-refractivity contribution in [3.63, 3.8) is 0 Å². The first-order valence-corrected chi connectivity index (χ1v) is 6.72. The van der Waals surface area contributed by atoms with Crippen molar-refractivity contribution in [2.45, 2.75) is 25.7 Å². The third-order valence-electron chi connectivity index (χ3n) is 3.36. The molecule has 20 heavy (non-hydrogen) atoms. The molecule has 1 saturated carbocycles. The summed E-state index contributed by atoms with van der Waals surface area (Å²) < 4.78 is 0. The second kappa shape index (κ2) is 4.96. The molecular formula is C14H16N4O2. The highest BCUT2D eigenvalue weighted by Crippen LogP contribution is 2.37. The fourth-order valence-corrected chi connectivity index (χ4v) is 2.13. The van der Waals surface area contributed by atoms with Gasteiger partial charge in [0.25, 0.3) is 5.91 Å². The van der Waals surface area contributed by atoms with Crippen LogP contribution in [0.3, 0.4) is 0 Å². The monoisotopic (exact) mass is 272 g/mol. The van der Waals surface area contributed by atoms with Gasteiger partial charge < -0.3 is 10.0 Å². The minimum Gasteiger partial charge on any atom is -0.508 e. The Kier molecular flexibility index (Phi) is 3.14. The van der Waals surface area contributed by atoms with Gasteiger partial charge in [-0.25, -0.2) is 4.98 Å². The average molecular weight is 272 g/mol. The van der Waals surface area contributed by atoms with E-state index in [2.05, 4.69) is 15.2 Å². The number of benzene rings is 1. The summed E-state index contributed by atoms with van der Waals surface area (Å²) in [4.78, 5) is 18.3. The van der Waals surface area contributed by atoms with E-state index in [1.165, 1.54) is 0 Å². The molecule has 0 spiro atoms. The van der Waals surface area contributed by atoms with Crippen molar-refractivity contribution in [2.24, 2.45) is 0 Å². The summed E-state index contributed by atoms with van der Waals surface area (Å²) in [7, 11) is 0. The minimum absolute atomic E-state index is 0.127. The van der Waals surface area contributed by atoms with Crippen molar-refractivity contribution in [1.82, 2.24) is 15.2 Å². The number of rotatable bonds is 4. The molecule has 0 radical (unpaired) electrons. The van der Waals surface area contributed by atoms with Gasteiger partial charge in [-0.15, -0.1) is 5.10 Å². The molecule has 0 aliphatic heterocycles. The Morgan fingerprint density at radius 2 is 2.30 bits per heavy atom. The number of carbonyl (C=O) groups is 1. The number of hydrogen-bond donors (Lipinski definition) is 2. The lowest BCUT2D eigenvalue weighted by molar-refractivity contribution is 0.0978. The van der Waals surface area contributed by atoms with Crippen LogP contribution in [0, 0.1) is 0 Å². The molecule has 2 N–H and O–H groups in total. The fourth-order valence-electron chi connectivity index (χ4n) is 2.13. The summed E-state index contributed by atoms with van der Waals surface area (Å²) >= 11 is 0. The molecule has 1 heterocycles. The van der Waals surface area contributed by atoms with Crippen LogP contribution in [0.1, 0.15) is 42.1 Å². The van der Waals surface area contributed by atoms with Gasteiger partial charge in [-0.2, -0.15) is 0 Å². The highest BCUT2D eigenvalue weighted by atomic mass is 16.3. The highest BCUT2D eigenvalue weighted by molar-refractivity contribution is 6.03. The molecule has 0 unspecified atom stereocenters. The van der Waals surface area contributed by atoms with Gasteiger partial charge in [0, 0.05) is 24.2 Å². The van der Waals surface area contributed by atoms with E-state index >= 15 is 0 Å². The van der Waals surface area contributed by atoms with Crippen LogP contribution in [0.25, 0.3) is 0 Å². The molecule has 1 aromatic heterocycles. The van der Waals surface area contributed by atoms with Crippen LogP contribution in [0.15, 0.2) is 24.3 Å². The molecule has 0 bridgehead atoms. The van der Waals surface area contributed by atoms with Gasteiger partial charge in [0.2, 0.25) is 5.82 Å². The van der Waals surface area contributed by atoms with Gasteiger partial charge in [-0.3, -0.25) is 9.89 Å². The number of phenols is 1. The van der Waals surface area contributed by atoms with Crippen LogP contribution in [0.5, 0.6) is 5.75 Å². The maximum absolute atomic E-state index is 12.4. The molecule has 1 aliphatic carbocycles. The Labute approximate surface area is 116 Å². The van der Waals surface area contributed by atoms with Crippen LogP contribution >= 0.6 is 0 Å². The Balaban J connectivity index is 1.85. The highest BCUT2D eigenvalue weighted by Gasteiger charge is 2.29. The number of nitrogens with one attached hydrogen (secondary N) is 1. The quantitative estimate of drug-likeness (QED) is 0.892. The number of anilines is 1. The molecular weight excluding hydrogens is 256 g/mol. The summed E-state index contributed by atoms with van der Waals surface area (Å²) in [5, 5.41) is 16.4. The summed E-state index contributed by atoms with van der Waals surface area (Å²) in [6, 6.07) is 6.60. The van der Waals surface area contributed by atoms with Crippen LogP contribution in [0.2, 0.25) is 0 Å². The smallest absolute Gasteiger partial charge is 0.297 e. The molecule has 0 saturated heterocycles.